The number of para-hydroxylation sites is 1. The van der Waals surface area contributed by atoms with Gasteiger partial charge >= 0.3 is 0 Å². The van der Waals surface area contributed by atoms with Crippen LogP contribution in [0, 0.1) is 0 Å². The zero-order valence-electron chi connectivity index (χ0n) is 18.9. The van der Waals surface area contributed by atoms with Crippen LogP contribution < -0.4 is 20.3 Å². The first-order valence-corrected chi connectivity index (χ1v) is 11.7. The first-order valence-electron chi connectivity index (χ1n) is 10.8. The molecule has 0 aromatic heterocycles. The Morgan fingerprint density at radius 3 is 2.41 bits per heavy atom. The molecule has 0 fully saturated rings. The maximum absolute atomic E-state index is 13.3. The van der Waals surface area contributed by atoms with E-state index in [1.165, 1.54) is 6.92 Å². The highest BCUT2D eigenvalue weighted by Crippen LogP contribution is 2.45. The van der Waals surface area contributed by atoms with Gasteiger partial charge in [0.2, 0.25) is 17.7 Å². The Labute approximate surface area is 202 Å². The van der Waals surface area contributed by atoms with Crippen molar-refractivity contribution in [3.05, 3.63) is 78.4 Å². The van der Waals surface area contributed by atoms with Crippen molar-refractivity contribution in [1.82, 2.24) is 0 Å². The Hall–Kier alpha value is -3.78. The Bertz CT molecular complexity index is 1210. The minimum Gasteiger partial charge on any atom is -0.497 e. The largest absolute Gasteiger partial charge is 0.497 e. The number of anilines is 3. The molecule has 3 aromatic rings. The third-order valence-corrected chi connectivity index (χ3v) is 6.66. The van der Waals surface area contributed by atoms with E-state index in [0.29, 0.717) is 11.4 Å². The summed E-state index contributed by atoms with van der Waals surface area (Å²) in [5.74, 6) is 0.116. The van der Waals surface area contributed by atoms with E-state index in [4.69, 9.17) is 4.74 Å². The Morgan fingerprint density at radius 2 is 1.71 bits per heavy atom. The normalized spacial score (nSPS) is 15.2. The molecule has 0 bridgehead atoms. The van der Waals surface area contributed by atoms with Gasteiger partial charge in [0.25, 0.3) is 0 Å². The van der Waals surface area contributed by atoms with Crippen LogP contribution in [0.1, 0.15) is 24.2 Å². The van der Waals surface area contributed by atoms with E-state index in [0.717, 1.165) is 21.9 Å². The zero-order chi connectivity index (χ0) is 24.1. The molecule has 3 aromatic carbocycles. The van der Waals surface area contributed by atoms with Gasteiger partial charge in [0.1, 0.15) is 12.3 Å². The molecule has 0 aliphatic carbocycles. The Balaban J connectivity index is 1.53. The van der Waals surface area contributed by atoms with Crippen LogP contribution in [0.15, 0.2) is 77.7 Å². The molecule has 1 atom stereocenters. The van der Waals surface area contributed by atoms with Crippen LogP contribution in [0.2, 0.25) is 0 Å². The third kappa shape index (κ3) is 5.58. The molecule has 4 rings (SSSR count). The molecule has 0 saturated carbocycles. The summed E-state index contributed by atoms with van der Waals surface area (Å²) in [6.07, 6.45) is 0.261. The lowest BCUT2D eigenvalue weighted by Gasteiger charge is -2.22. The summed E-state index contributed by atoms with van der Waals surface area (Å²) >= 11 is 1.62. The van der Waals surface area contributed by atoms with Crippen LogP contribution in [0.5, 0.6) is 5.75 Å². The van der Waals surface area contributed by atoms with E-state index in [1.54, 1.807) is 48.0 Å². The van der Waals surface area contributed by atoms with Gasteiger partial charge in [0.15, 0.2) is 0 Å². The summed E-state index contributed by atoms with van der Waals surface area (Å²) < 4.78 is 5.25. The number of hydrogen-bond acceptors (Lipinski definition) is 5. The van der Waals surface area contributed by atoms with Gasteiger partial charge in [-0.25, -0.2) is 0 Å². The number of fused-ring (bicyclic) bond motifs is 1. The number of amides is 3. The fourth-order valence-electron chi connectivity index (χ4n) is 3.78. The first kappa shape index (κ1) is 23.4. The van der Waals surface area contributed by atoms with Crippen molar-refractivity contribution in [3.63, 3.8) is 0 Å². The number of nitrogens with zero attached hydrogens (tertiary/aromatic N) is 1. The van der Waals surface area contributed by atoms with Gasteiger partial charge in [-0.05, 0) is 48.0 Å². The highest BCUT2D eigenvalue weighted by atomic mass is 32.2. The predicted octanol–water partition coefficient (Wildman–Crippen LogP) is 4.86. The molecular formula is C26H25N3O4S. The average Bonchev–Trinajstić information content (AvgIpc) is 2.95. The monoisotopic (exact) mass is 475 g/mol. The second-order valence-corrected chi connectivity index (χ2v) is 9.09. The van der Waals surface area contributed by atoms with Crippen LogP contribution in [0.3, 0.4) is 0 Å². The molecule has 1 unspecified atom stereocenters. The van der Waals surface area contributed by atoms with E-state index in [1.807, 2.05) is 48.5 Å². The predicted molar refractivity (Wildman–Crippen MR) is 134 cm³/mol. The van der Waals surface area contributed by atoms with Crippen molar-refractivity contribution in [2.45, 2.75) is 23.5 Å². The average molecular weight is 476 g/mol. The highest BCUT2D eigenvalue weighted by Gasteiger charge is 2.30. The van der Waals surface area contributed by atoms with Crippen LogP contribution in [-0.2, 0) is 14.4 Å². The van der Waals surface area contributed by atoms with E-state index >= 15 is 0 Å². The van der Waals surface area contributed by atoms with Gasteiger partial charge in [0, 0.05) is 34.9 Å². The summed E-state index contributed by atoms with van der Waals surface area (Å²) in [7, 11) is 1.62. The maximum Gasteiger partial charge on any atom is 0.244 e. The van der Waals surface area contributed by atoms with E-state index in [9.17, 15) is 14.4 Å². The minimum atomic E-state index is -0.323. The molecule has 8 heteroatoms. The zero-order valence-corrected chi connectivity index (χ0v) is 19.7. The van der Waals surface area contributed by atoms with Crippen LogP contribution in [-0.4, -0.2) is 31.4 Å². The van der Waals surface area contributed by atoms with Crippen molar-refractivity contribution < 1.29 is 19.1 Å². The molecule has 0 radical (unpaired) electrons. The lowest BCUT2D eigenvalue weighted by molar-refractivity contribution is -0.121. The Morgan fingerprint density at radius 1 is 1.00 bits per heavy atom. The second-order valence-electron chi connectivity index (χ2n) is 7.84. The molecular weight excluding hydrogens is 450 g/mol. The summed E-state index contributed by atoms with van der Waals surface area (Å²) in [5.41, 5.74) is 2.86. The molecule has 174 valence electrons. The molecule has 34 heavy (non-hydrogen) atoms. The maximum atomic E-state index is 13.3. The van der Waals surface area contributed by atoms with Gasteiger partial charge in [-0.1, -0.05) is 30.3 Å². The standard InChI is InChI=1S/C26H25N3O4S/c1-17(30)27-19-6-5-7-20(14-19)28-25(31)16-29-22-8-3-4-9-23(22)34-24(15-26(29)32)18-10-12-21(33-2)13-11-18/h3-14,24H,15-16H2,1-2H3,(H,27,30)(H,28,31). The number of carbonyl (C=O) groups is 3. The van der Waals surface area contributed by atoms with Crippen molar-refractivity contribution >= 4 is 46.5 Å². The third-order valence-electron chi connectivity index (χ3n) is 5.34. The van der Waals surface area contributed by atoms with Crippen molar-refractivity contribution in [3.8, 4) is 5.75 Å². The first-order chi connectivity index (χ1) is 16.4. The quantitative estimate of drug-likeness (QED) is 0.532. The molecule has 3 amide bonds. The summed E-state index contributed by atoms with van der Waals surface area (Å²) in [6, 6.07) is 22.2. The van der Waals surface area contributed by atoms with Crippen molar-refractivity contribution in [1.29, 1.82) is 0 Å². The molecule has 0 saturated heterocycles. The molecule has 7 nitrogen and oxygen atoms in total. The number of hydrogen-bond donors (Lipinski definition) is 2. The fourth-order valence-corrected chi connectivity index (χ4v) is 5.06. The van der Waals surface area contributed by atoms with Crippen LogP contribution in [0.25, 0.3) is 0 Å². The number of ether oxygens (including phenoxy) is 1. The summed E-state index contributed by atoms with van der Waals surface area (Å²) in [4.78, 5) is 40.0. The smallest absolute Gasteiger partial charge is 0.244 e. The number of benzene rings is 3. The highest BCUT2D eigenvalue weighted by molar-refractivity contribution is 7.99. The molecule has 2 N–H and O–H groups in total. The van der Waals surface area contributed by atoms with Crippen molar-refractivity contribution in [2.24, 2.45) is 0 Å². The number of thioether (sulfide) groups is 1. The fraction of sp³-hybridized carbons (Fsp3) is 0.192. The van der Waals surface area contributed by atoms with E-state index in [2.05, 4.69) is 10.6 Å². The van der Waals surface area contributed by atoms with Crippen LogP contribution >= 0.6 is 11.8 Å². The number of carbonyl (C=O) groups excluding carboxylic acids is 3. The minimum absolute atomic E-state index is 0.0815. The molecule has 1 heterocycles. The molecule has 1 aliphatic rings. The lowest BCUT2D eigenvalue weighted by Crippen LogP contribution is -2.38. The van der Waals surface area contributed by atoms with Gasteiger partial charge in [-0.2, -0.15) is 0 Å². The van der Waals surface area contributed by atoms with Crippen molar-refractivity contribution in [2.75, 3.05) is 29.2 Å². The van der Waals surface area contributed by atoms with Gasteiger partial charge in [-0.3, -0.25) is 14.4 Å². The summed E-state index contributed by atoms with van der Waals surface area (Å²) in [6.45, 7) is 1.31. The number of methoxy groups -OCH3 is 1. The van der Waals surface area contributed by atoms with E-state index in [-0.39, 0.29) is 35.9 Å². The van der Waals surface area contributed by atoms with Gasteiger partial charge in [0.05, 0.1) is 12.8 Å². The topological polar surface area (TPSA) is 87.7 Å². The van der Waals surface area contributed by atoms with Gasteiger partial charge < -0.3 is 20.3 Å². The molecule has 1 aliphatic heterocycles. The van der Waals surface area contributed by atoms with Crippen LogP contribution in [0.4, 0.5) is 17.1 Å². The lowest BCUT2D eigenvalue weighted by atomic mass is 10.1. The van der Waals surface area contributed by atoms with E-state index < -0.39 is 0 Å². The molecule has 0 spiro atoms. The Kier molecular flexibility index (Phi) is 7.18. The number of rotatable bonds is 6. The second kappa shape index (κ2) is 10.4. The van der Waals surface area contributed by atoms with Gasteiger partial charge in [-0.15, -0.1) is 11.8 Å². The number of nitrogens with one attached hydrogen (secondary N) is 2. The summed E-state index contributed by atoms with van der Waals surface area (Å²) in [5, 5.41) is 5.43. The SMILES string of the molecule is COc1ccc(C2CC(=O)N(CC(=O)Nc3cccc(NC(C)=O)c3)c3ccccc3S2)cc1.